The molecule has 0 bridgehead atoms. The molecule has 0 aliphatic carbocycles. The van der Waals surface area contributed by atoms with Gasteiger partial charge >= 0.3 is 0 Å². The molecule has 1 N–H and O–H groups in total. The summed E-state index contributed by atoms with van der Waals surface area (Å²) in [5.41, 5.74) is 3.39. The molecule has 1 atom stereocenters. The number of carbonyl (C=O) groups excluding carboxylic acids is 2. The maximum atomic E-state index is 14.0. The van der Waals surface area contributed by atoms with Gasteiger partial charge in [-0.25, -0.2) is 8.42 Å². The van der Waals surface area contributed by atoms with Crippen LogP contribution in [0.25, 0.3) is 0 Å². The molecule has 0 saturated carbocycles. The monoisotopic (exact) mass is 589 g/mol. The fourth-order valence-electron chi connectivity index (χ4n) is 4.38. The normalized spacial score (nSPS) is 12.1. The lowest BCUT2D eigenvalue weighted by Gasteiger charge is -2.33. The third-order valence-corrected chi connectivity index (χ3v) is 9.01. The van der Waals surface area contributed by atoms with E-state index >= 15 is 0 Å². The molecule has 208 valence electrons. The molecule has 39 heavy (non-hydrogen) atoms. The van der Waals surface area contributed by atoms with Crippen molar-refractivity contribution in [2.24, 2.45) is 0 Å². The molecule has 3 aromatic rings. The second-order valence-electron chi connectivity index (χ2n) is 9.37. The number of hydrogen-bond acceptors (Lipinski definition) is 4. The van der Waals surface area contributed by atoms with Crippen molar-refractivity contribution >= 4 is 50.7 Å². The van der Waals surface area contributed by atoms with Crippen LogP contribution in [0, 0.1) is 20.8 Å². The van der Waals surface area contributed by atoms with Gasteiger partial charge in [0.2, 0.25) is 11.8 Å². The SMILES string of the molecule is CC[C@H](C(=O)NC)N(Cc1c(Cl)cccc1Cl)C(=O)CN(c1ccc(C)cc1C)S(=O)(=O)c1ccc(C)cc1. The summed E-state index contributed by atoms with van der Waals surface area (Å²) in [6.45, 7) is 6.74. The van der Waals surface area contributed by atoms with Gasteiger partial charge in [-0.05, 0) is 63.1 Å². The van der Waals surface area contributed by atoms with Crippen molar-refractivity contribution in [3.05, 3.63) is 93.0 Å². The summed E-state index contributed by atoms with van der Waals surface area (Å²) < 4.78 is 29.0. The Morgan fingerprint density at radius 2 is 1.51 bits per heavy atom. The van der Waals surface area contributed by atoms with Gasteiger partial charge in [-0.15, -0.1) is 0 Å². The molecule has 0 unspecified atom stereocenters. The number of halogens is 2. The van der Waals surface area contributed by atoms with Crippen LogP contribution in [0.3, 0.4) is 0 Å². The Kier molecular flexibility index (Phi) is 10.0. The lowest BCUT2D eigenvalue weighted by atomic mass is 10.1. The third kappa shape index (κ3) is 6.93. The third-order valence-electron chi connectivity index (χ3n) is 6.53. The lowest BCUT2D eigenvalue weighted by molar-refractivity contribution is -0.140. The van der Waals surface area contributed by atoms with E-state index in [-0.39, 0.29) is 17.3 Å². The number of sulfonamides is 1. The van der Waals surface area contributed by atoms with Gasteiger partial charge in [-0.2, -0.15) is 0 Å². The number of carbonyl (C=O) groups is 2. The van der Waals surface area contributed by atoms with Gasteiger partial charge in [0.15, 0.2) is 0 Å². The van der Waals surface area contributed by atoms with Gasteiger partial charge < -0.3 is 10.2 Å². The van der Waals surface area contributed by atoms with Gasteiger partial charge in [0.25, 0.3) is 10.0 Å². The Balaban J connectivity index is 2.13. The smallest absolute Gasteiger partial charge is 0.264 e. The van der Waals surface area contributed by atoms with Crippen LogP contribution in [0.1, 0.15) is 35.6 Å². The zero-order valence-electron chi connectivity index (χ0n) is 22.7. The average molecular weight is 591 g/mol. The van der Waals surface area contributed by atoms with Gasteiger partial charge in [0.05, 0.1) is 10.6 Å². The Morgan fingerprint density at radius 1 is 0.923 bits per heavy atom. The van der Waals surface area contributed by atoms with E-state index in [1.807, 2.05) is 19.9 Å². The summed E-state index contributed by atoms with van der Waals surface area (Å²) in [4.78, 5) is 28.3. The Bertz CT molecular complexity index is 1440. The fraction of sp³-hybridized carbons (Fsp3) is 0.310. The zero-order chi connectivity index (χ0) is 28.9. The van der Waals surface area contributed by atoms with Crippen molar-refractivity contribution in [2.45, 2.75) is 51.6 Å². The first-order valence-corrected chi connectivity index (χ1v) is 14.7. The highest BCUT2D eigenvalue weighted by molar-refractivity contribution is 7.92. The van der Waals surface area contributed by atoms with Gasteiger partial charge in [-0.3, -0.25) is 13.9 Å². The summed E-state index contributed by atoms with van der Waals surface area (Å²) in [5, 5.41) is 3.27. The van der Waals surface area contributed by atoms with Crippen molar-refractivity contribution < 1.29 is 18.0 Å². The number of anilines is 1. The van der Waals surface area contributed by atoms with Gasteiger partial charge in [0, 0.05) is 29.2 Å². The van der Waals surface area contributed by atoms with Crippen LogP contribution in [0.4, 0.5) is 5.69 Å². The lowest BCUT2D eigenvalue weighted by Crippen LogP contribution is -2.52. The number of nitrogens with one attached hydrogen (secondary N) is 1. The van der Waals surface area contributed by atoms with Crippen molar-refractivity contribution in [1.82, 2.24) is 10.2 Å². The Labute approximate surface area is 240 Å². The standard InChI is InChI=1S/C29H33Cl2N3O4S/c1-6-26(29(36)32-5)33(17-23-24(30)8-7-9-25(23)31)28(35)18-34(27-15-12-20(3)16-21(27)4)39(37,38)22-13-10-19(2)11-14-22/h7-16,26H,6,17-18H2,1-5H3,(H,32,36)/t26-/m1/s1. The minimum atomic E-state index is -4.15. The molecule has 0 aliphatic heterocycles. The van der Waals surface area contributed by atoms with Crippen LogP contribution in [0.5, 0.6) is 0 Å². The maximum absolute atomic E-state index is 14.0. The molecule has 10 heteroatoms. The van der Waals surface area contributed by atoms with Gasteiger partial charge in [-0.1, -0.05) is 71.6 Å². The van der Waals surface area contributed by atoms with Crippen LogP contribution < -0.4 is 9.62 Å². The Morgan fingerprint density at radius 3 is 2.05 bits per heavy atom. The van der Waals surface area contributed by atoms with Crippen LogP contribution in [-0.2, 0) is 26.2 Å². The highest BCUT2D eigenvalue weighted by Crippen LogP contribution is 2.30. The first-order valence-electron chi connectivity index (χ1n) is 12.5. The predicted molar refractivity (Wildman–Crippen MR) is 157 cm³/mol. The Hall–Kier alpha value is -3.07. The number of aryl methyl sites for hydroxylation is 3. The molecule has 3 aromatic carbocycles. The molecule has 0 radical (unpaired) electrons. The number of likely N-dealkylation sites (N-methyl/N-ethyl adjacent to an activating group) is 1. The van der Waals surface area contributed by atoms with Gasteiger partial charge in [0.1, 0.15) is 12.6 Å². The quantitative estimate of drug-likeness (QED) is 0.330. The number of nitrogens with zero attached hydrogens (tertiary/aromatic N) is 2. The largest absolute Gasteiger partial charge is 0.357 e. The molecule has 0 aliphatic rings. The highest BCUT2D eigenvalue weighted by Gasteiger charge is 2.34. The summed E-state index contributed by atoms with van der Waals surface area (Å²) >= 11 is 12.8. The van der Waals surface area contributed by atoms with E-state index in [9.17, 15) is 18.0 Å². The molecule has 0 fully saturated rings. The average Bonchev–Trinajstić information content (AvgIpc) is 2.89. The van der Waals surface area contributed by atoms with E-state index < -0.39 is 28.5 Å². The van der Waals surface area contributed by atoms with E-state index in [4.69, 9.17) is 23.2 Å². The summed E-state index contributed by atoms with van der Waals surface area (Å²) in [7, 11) is -2.66. The molecule has 2 amide bonds. The summed E-state index contributed by atoms with van der Waals surface area (Å²) in [6.07, 6.45) is 0.293. The molecular formula is C29H33Cl2N3O4S. The van der Waals surface area contributed by atoms with Crippen LogP contribution in [0.2, 0.25) is 10.0 Å². The summed E-state index contributed by atoms with van der Waals surface area (Å²) in [6, 6.07) is 15.9. The molecule has 7 nitrogen and oxygen atoms in total. The molecule has 0 spiro atoms. The molecule has 0 heterocycles. The van der Waals surface area contributed by atoms with E-state index in [0.717, 1.165) is 15.4 Å². The number of rotatable bonds is 10. The second-order valence-corrected chi connectivity index (χ2v) is 12.1. The minimum Gasteiger partial charge on any atom is -0.357 e. The first kappa shape index (κ1) is 30.5. The van der Waals surface area contributed by atoms with Crippen LogP contribution in [-0.4, -0.2) is 44.8 Å². The van der Waals surface area contributed by atoms with Crippen molar-refractivity contribution in [2.75, 3.05) is 17.9 Å². The first-order chi connectivity index (χ1) is 18.4. The fourth-order valence-corrected chi connectivity index (χ4v) is 6.37. The number of benzene rings is 3. The van der Waals surface area contributed by atoms with E-state index in [1.54, 1.807) is 56.3 Å². The number of hydrogen-bond donors (Lipinski definition) is 1. The second kappa shape index (κ2) is 12.9. The molecule has 3 rings (SSSR count). The van der Waals surface area contributed by atoms with Crippen molar-refractivity contribution in [1.29, 1.82) is 0 Å². The van der Waals surface area contributed by atoms with Crippen molar-refractivity contribution in [3.63, 3.8) is 0 Å². The molecule has 0 saturated heterocycles. The predicted octanol–water partition coefficient (Wildman–Crippen LogP) is 5.67. The maximum Gasteiger partial charge on any atom is 0.264 e. The zero-order valence-corrected chi connectivity index (χ0v) is 25.0. The minimum absolute atomic E-state index is 0.0555. The topological polar surface area (TPSA) is 86.8 Å². The summed E-state index contributed by atoms with van der Waals surface area (Å²) in [5.74, 6) is -0.953. The van der Waals surface area contributed by atoms with Crippen molar-refractivity contribution in [3.8, 4) is 0 Å². The molecule has 0 aromatic heterocycles. The van der Waals surface area contributed by atoms with Crippen LogP contribution >= 0.6 is 23.2 Å². The van der Waals surface area contributed by atoms with E-state index in [0.29, 0.717) is 33.3 Å². The number of amides is 2. The highest BCUT2D eigenvalue weighted by atomic mass is 35.5. The molecular weight excluding hydrogens is 557 g/mol. The van der Waals surface area contributed by atoms with E-state index in [1.165, 1.54) is 24.1 Å². The van der Waals surface area contributed by atoms with E-state index in [2.05, 4.69) is 5.32 Å². The van der Waals surface area contributed by atoms with Crippen LogP contribution in [0.15, 0.2) is 65.6 Å².